The molecule has 2 atom stereocenters. The summed E-state index contributed by atoms with van der Waals surface area (Å²) >= 11 is -1.18. The summed E-state index contributed by atoms with van der Waals surface area (Å²) in [6.45, 7) is 9.88. The van der Waals surface area contributed by atoms with Crippen LogP contribution in [0.25, 0.3) is 0 Å². The monoisotopic (exact) mass is 317 g/mol. The highest BCUT2D eigenvalue weighted by molar-refractivity contribution is 7.91. The van der Waals surface area contributed by atoms with E-state index in [1.165, 1.54) is 5.56 Å². The Balaban J connectivity index is 2.31. The quantitative estimate of drug-likeness (QED) is 0.563. The van der Waals surface area contributed by atoms with E-state index in [4.69, 9.17) is 0 Å². The number of benzene rings is 1. The lowest BCUT2D eigenvalue weighted by molar-refractivity contribution is 0.414. The van der Waals surface area contributed by atoms with Crippen molar-refractivity contribution in [3.8, 4) is 0 Å². The third kappa shape index (κ3) is 4.02. The van der Waals surface area contributed by atoms with Crippen LogP contribution in [0.2, 0.25) is 0 Å². The number of allylic oxidation sites excluding steroid dienone is 1. The lowest BCUT2D eigenvalue weighted by Gasteiger charge is -2.29. The molecule has 1 saturated carbocycles. The normalized spacial score (nSPS) is 25.4. The van der Waals surface area contributed by atoms with Gasteiger partial charge in [-0.25, -0.2) is 0 Å². The first kappa shape index (κ1) is 17.3. The first-order chi connectivity index (χ1) is 10.4. The molecule has 1 aliphatic carbocycles. The minimum atomic E-state index is -1.18. The van der Waals surface area contributed by atoms with Crippen molar-refractivity contribution in [3.63, 3.8) is 0 Å². The second-order valence-electron chi connectivity index (χ2n) is 7.19. The molecule has 1 fully saturated rings. The maximum absolute atomic E-state index is 12.5. The van der Waals surface area contributed by atoms with E-state index in [2.05, 4.69) is 35.2 Å². The van der Waals surface area contributed by atoms with E-state index in [1.807, 2.05) is 32.9 Å². The minimum absolute atomic E-state index is 0.00398. The van der Waals surface area contributed by atoms with Crippen molar-refractivity contribution in [3.05, 3.63) is 48.6 Å². The van der Waals surface area contributed by atoms with Crippen molar-refractivity contribution in [2.45, 2.75) is 57.6 Å². The molecule has 0 N–H and O–H groups in total. The predicted molar refractivity (Wildman–Crippen MR) is 96.6 cm³/mol. The van der Waals surface area contributed by atoms with Crippen molar-refractivity contribution < 1.29 is 4.55 Å². The molecule has 0 amide bonds. The molecule has 0 aromatic heterocycles. The summed E-state index contributed by atoms with van der Waals surface area (Å²) in [6.07, 6.45) is 7.04. The summed E-state index contributed by atoms with van der Waals surface area (Å²) in [5, 5.41) is 0. The predicted octanol–water partition coefficient (Wildman–Crippen LogP) is 4.88. The topological polar surface area (TPSA) is 35.4 Å². The molecule has 0 saturated heterocycles. The summed E-state index contributed by atoms with van der Waals surface area (Å²) in [7, 11) is 0. The largest absolute Gasteiger partial charge is 0.591 e. The third-order valence-electron chi connectivity index (χ3n) is 4.32. The molecule has 22 heavy (non-hydrogen) atoms. The Morgan fingerprint density at radius 2 is 2.00 bits per heavy atom. The highest BCUT2D eigenvalue weighted by atomic mass is 32.2. The Hall–Kier alpha value is -1.06. The maximum Gasteiger partial charge on any atom is 0.144 e. The van der Waals surface area contributed by atoms with Crippen LogP contribution >= 0.6 is 0 Å². The molecule has 1 unspecified atom stereocenters. The van der Waals surface area contributed by atoms with Crippen molar-refractivity contribution >= 4 is 17.1 Å². The van der Waals surface area contributed by atoms with E-state index < -0.39 is 11.4 Å². The Morgan fingerprint density at radius 1 is 1.32 bits per heavy atom. The van der Waals surface area contributed by atoms with Gasteiger partial charge in [0.1, 0.15) is 16.1 Å². The molecule has 120 valence electrons. The average Bonchev–Trinajstić information content (AvgIpc) is 2.82. The Bertz CT molecular complexity index is 532. The fourth-order valence-corrected chi connectivity index (χ4v) is 3.89. The highest BCUT2D eigenvalue weighted by Gasteiger charge is 2.41. The lowest BCUT2D eigenvalue weighted by atomic mass is 9.76. The fraction of sp³-hybridized carbons (Fsp3) is 0.526. The first-order valence-corrected chi connectivity index (χ1v) is 9.13. The van der Waals surface area contributed by atoms with Gasteiger partial charge < -0.3 is 4.55 Å². The molecule has 0 bridgehead atoms. The summed E-state index contributed by atoms with van der Waals surface area (Å²) in [6, 6.07) is 10.5. The molecular formula is C19H27NOS. The zero-order valence-electron chi connectivity index (χ0n) is 14.0. The molecule has 3 heteroatoms. The lowest BCUT2D eigenvalue weighted by Crippen LogP contribution is -2.32. The average molecular weight is 317 g/mol. The standard InChI is InChI=1S/C19H27NOS/c1-5-13-19(15-16-10-7-6-8-11-16)14-9-12-17(19)20-22(21)18(2,3)4/h5-8,10-11H,1,9,12-15H2,2-4H3/b20-17+/t19-,22?/m1/s1. The summed E-state index contributed by atoms with van der Waals surface area (Å²) in [4.78, 5) is 0. The SMILES string of the molecule is C=CC[C@]1(Cc2ccccc2)CCC/C1=N\[S+]([O-])C(C)(C)C. The summed E-state index contributed by atoms with van der Waals surface area (Å²) in [5.74, 6) is 0. The van der Waals surface area contributed by atoms with Gasteiger partial charge in [-0.05, 0) is 58.4 Å². The smallest absolute Gasteiger partial charge is 0.144 e. The Labute approximate surface area is 138 Å². The molecule has 0 radical (unpaired) electrons. The van der Waals surface area contributed by atoms with E-state index in [9.17, 15) is 4.55 Å². The van der Waals surface area contributed by atoms with E-state index >= 15 is 0 Å². The zero-order chi connectivity index (χ0) is 16.2. The van der Waals surface area contributed by atoms with Crippen LogP contribution in [0, 0.1) is 5.41 Å². The van der Waals surface area contributed by atoms with Crippen molar-refractivity contribution in [1.82, 2.24) is 0 Å². The molecule has 0 aliphatic heterocycles. The molecule has 1 aliphatic rings. The Kier molecular flexibility index (Phi) is 5.51. The molecule has 2 rings (SSSR count). The van der Waals surface area contributed by atoms with E-state index in [1.54, 1.807) is 0 Å². The number of hydrogen-bond acceptors (Lipinski definition) is 2. The molecule has 2 nitrogen and oxygen atoms in total. The van der Waals surface area contributed by atoms with Gasteiger partial charge in [-0.1, -0.05) is 40.8 Å². The molecule has 1 aromatic rings. The van der Waals surface area contributed by atoms with Crippen LogP contribution in [0.4, 0.5) is 0 Å². The van der Waals surface area contributed by atoms with Crippen molar-refractivity contribution in [2.24, 2.45) is 9.81 Å². The van der Waals surface area contributed by atoms with Crippen molar-refractivity contribution in [1.29, 1.82) is 0 Å². The van der Waals surface area contributed by atoms with Gasteiger partial charge in [0.25, 0.3) is 0 Å². The van der Waals surface area contributed by atoms with Crippen LogP contribution in [0.5, 0.6) is 0 Å². The van der Waals surface area contributed by atoms with Crippen LogP contribution in [-0.4, -0.2) is 15.0 Å². The summed E-state index contributed by atoms with van der Waals surface area (Å²) in [5.41, 5.74) is 2.45. The zero-order valence-corrected chi connectivity index (χ0v) is 14.8. The maximum atomic E-state index is 12.5. The molecule has 0 heterocycles. The second-order valence-corrected chi connectivity index (χ2v) is 9.09. The van der Waals surface area contributed by atoms with Gasteiger partial charge in [0.05, 0.1) is 5.71 Å². The Morgan fingerprint density at radius 3 is 2.59 bits per heavy atom. The van der Waals surface area contributed by atoms with Gasteiger partial charge >= 0.3 is 0 Å². The second kappa shape index (κ2) is 7.01. The molecular weight excluding hydrogens is 290 g/mol. The minimum Gasteiger partial charge on any atom is -0.591 e. The number of nitrogens with zero attached hydrogens (tertiary/aromatic N) is 1. The molecule has 0 spiro atoms. The highest BCUT2D eigenvalue weighted by Crippen LogP contribution is 2.43. The van der Waals surface area contributed by atoms with E-state index in [0.29, 0.717) is 0 Å². The fourth-order valence-electron chi connectivity index (χ4n) is 3.13. The third-order valence-corrected chi connectivity index (χ3v) is 5.75. The van der Waals surface area contributed by atoms with Crippen molar-refractivity contribution in [2.75, 3.05) is 0 Å². The molecule has 1 aromatic carbocycles. The number of rotatable bonds is 5. The van der Waals surface area contributed by atoms with Crippen LogP contribution < -0.4 is 0 Å². The van der Waals surface area contributed by atoms with Crippen LogP contribution in [-0.2, 0) is 17.8 Å². The summed E-state index contributed by atoms with van der Waals surface area (Å²) < 4.78 is 16.8. The number of hydrogen-bond donors (Lipinski definition) is 0. The van der Waals surface area contributed by atoms with Gasteiger partial charge in [-0.15, -0.1) is 6.58 Å². The van der Waals surface area contributed by atoms with Crippen LogP contribution in [0.1, 0.15) is 52.0 Å². The first-order valence-electron chi connectivity index (χ1n) is 8.02. The van der Waals surface area contributed by atoms with Gasteiger partial charge in [-0.2, -0.15) is 0 Å². The van der Waals surface area contributed by atoms with Gasteiger partial charge in [-0.3, -0.25) is 0 Å². The van der Waals surface area contributed by atoms with Crippen LogP contribution in [0.3, 0.4) is 0 Å². The van der Waals surface area contributed by atoms with E-state index in [-0.39, 0.29) is 10.2 Å². The van der Waals surface area contributed by atoms with E-state index in [0.717, 1.165) is 37.8 Å². The van der Waals surface area contributed by atoms with Gasteiger partial charge in [0, 0.05) is 5.41 Å². The van der Waals surface area contributed by atoms with Gasteiger partial charge in [0.2, 0.25) is 0 Å². The van der Waals surface area contributed by atoms with Crippen LogP contribution in [0.15, 0.2) is 47.4 Å². The van der Waals surface area contributed by atoms with Gasteiger partial charge in [0.15, 0.2) is 0 Å².